The second-order valence-electron chi connectivity index (χ2n) is 8.27. The van der Waals surface area contributed by atoms with Crippen molar-refractivity contribution in [1.29, 1.82) is 0 Å². The van der Waals surface area contributed by atoms with Crippen molar-refractivity contribution in [1.82, 2.24) is 9.21 Å². The second-order valence-corrected chi connectivity index (χ2v) is 10.2. The van der Waals surface area contributed by atoms with Gasteiger partial charge < -0.3 is 5.32 Å². The van der Waals surface area contributed by atoms with Crippen LogP contribution in [0.25, 0.3) is 0 Å². The molecule has 1 aliphatic carbocycles. The number of carbonyl (C=O) groups is 1. The van der Waals surface area contributed by atoms with E-state index in [1.54, 1.807) is 13.0 Å². The molecule has 1 fully saturated rings. The first-order chi connectivity index (χ1) is 15.2. The zero-order chi connectivity index (χ0) is 22.9. The third-order valence-corrected chi connectivity index (χ3v) is 8.00. The Hall–Kier alpha value is -2.82. The predicted octanol–water partition coefficient (Wildman–Crippen LogP) is 2.34. The number of nitrogens with zero attached hydrogens (tertiary/aromatic N) is 3. The highest BCUT2D eigenvalue weighted by molar-refractivity contribution is 7.89. The van der Waals surface area contributed by atoms with E-state index in [2.05, 4.69) is 5.32 Å². The molecule has 1 aliphatic heterocycles. The minimum absolute atomic E-state index is 0.0267. The molecule has 170 valence electrons. The third-order valence-electron chi connectivity index (χ3n) is 6.10. The summed E-state index contributed by atoms with van der Waals surface area (Å²) in [6.45, 7) is 3.38. The third kappa shape index (κ3) is 4.67. The van der Waals surface area contributed by atoms with Crippen LogP contribution in [-0.4, -0.2) is 61.2 Å². The lowest BCUT2D eigenvalue weighted by Crippen LogP contribution is -2.50. The molecule has 1 N–H and O–H groups in total. The number of hydrogen-bond donors (Lipinski definition) is 1. The Bertz CT molecular complexity index is 1160. The summed E-state index contributed by atoms with van der Waals surface area (Å²) in [6, 6.07) is 9.72. The maximum Gasteiger partial charge on any atom is 0.269 e. The lowest BCUT2D eigenvalue weighted by Gasteiger charge is -2.33. The minimum Gasteiger partial charge on any atom is -0.325 e. The van der Waals surface area contributed by atoms with Gasteiger partial charge >= 0.3 is 0 Å². The molecule has 9 nitrogen and oxygen atoms in total. The van der Waals surface area contributed by atoms with E-state index in [-0.39, 0.29) is 18.1 Å². The Morgan fingerprint density at radius 3 is 2.47 bits per heavy atom. The van der Waals surface area contributed by atoms with Crippen molar-refractivity contribution < 1.29 is 18.1 Å². The van der Waals surface area contributed by atoms with Gasteiger partial charge in [-0.3, -0.25) is 19.8 Å². The Kier molecular flexibility index (Phi) is 6.27. The molecule has 0 atom stereocenters. The highest BCUT2D eigenvalue weighted by Crippen LogP contribution is 2.27. The molecular formula is C22H26N4O5S. The SMILES string of the molecule is Cc1cc([N+](=O)[O-])ccc1NC(=O)CN1CCN(S(=O)(=O)c2ccc3c(c2)CCC3)CC1. The number of carbonyl (C=O) groups excluding carboxylic acids is 1. The largest absolute Gasteiger partial charge is 0.325 e. The Balaban J connectivity index is 1.33. The normalized spacial score (nSPS) is 17.2. The molecule has 1 amide bonds. The van der Waals surface area contributed by atoms with Crippen LogP contribution < -0.4 is 5.32 Å². The van der Waals surface area contributed by atoms with Crippen molar-refractivity contribution in [3.63, 3.8) is 0 Å². The molecule has 0 radical (unpaired) electrons. The number of hydrogen-bond acceptors (Lipinski definition) is 6. The number of nitro groups is 1. The molecule has 0 saturated carbocycles. The molecule has 4 rings (SSSR count). The summed E-state index contributed by atoms with van der Waals surface area (Å²) in [7, 11) is -3.55. The summed E-state index contributed by atoms with van der Waals surface area (Å²) in [4.78, 5) is 25.1. The number of fused-ring (bicyclic) bond motifs is 1. The number of anilines is 1. The van der Waals surface area contributed by atoms with E-state index in [0.717, 1.165) is 24.8 Å². The molecule has 0 aromatic heterocycles. The summed E-state index contributed by atoms with van der Waals surface area (Å²) < 4.78 is 27.6. The first-order valence-corrected chi connectivity index (χ1v) is 12.1. The van der Waals surface area contributed by atoms with Gasteiger partial charge in [0.05, 0.1) is 16.4 Å². The van der Waals surface area contributed by atoms with Gasteiger partial charge in [0.15, 0.2) is 0 Å². The summed E-state index contributed by atoms with van der Waals surface area (Å²) >= 11 is 0. The number of non-ortho nitro benzene ring substituents is 1. The monoisotopic (exact) mass is 458 g/mol. The number of nitrogens with one attached hydrogen (secondary N) is 1. The molecule has 0 spiro atoms. The van der Waals surface area contributed by atoms with E-state index < -0.39 is 14.9 Å². The molecule has 1 heterocycles. The Morgan fingerprint density at radius 2 is 1.78 bits per heavy atom. The van der Waals surface area contributed by atoms with Gasteiger partial charge in [0.25, 0.3) is 5.69 Å². The van der Waals surface area contributed by atoms with Gasteiger partial charge in [-0.1, -0.05) is 6.07 Å². The van der Waals surface area contributed by atoms with E-state index in [0.29, 0.717) is 42.3 Å². The number of aryl methyl sites for hydroxylation is 3. The number of rotatable bonds is 6. The van der Waals surface area contributed by atoms with Crippen LogP contribution in [0.4, 0.5) is 11.4 Å². The minimum atomic E-state index is -3.55. The van der Waals surface area contributed by atoms with E-state index in [1.807, 2.05) is 17.0 Å². The molecular weight excluding hydrogens is 432 g/mol. The highest BCUT2D eigenvalue weighted by atomic mass is 32.2. The fourth-order valence-electron chi connectivity index (χ4n) is 4.28. The molecule has 10 heteroatoms. The number of benzene rings is 2. The van der Waals surface area contributed by atoms with Gasteiger partial charge in [0.2, 0.25) is 15.9 Å². The van der Waals surface area contributed by atoms with Gasteiger partial charge in [-0.05, 0) is 61.1 Å². The van der Waals surface area contributed by atoms with E-state index in [9.17, 15) is 23.3 Å². The average molecular weight is 459 g/mol. The van der Waals surface area contributed by atoms with Crippen LogP contribution in [0, 0.1) is 17.0 Å². The van der Waals surface area contributed by atoms with E-state index in [1.165, 1.54) is 28.1 Å². The molecule has 2 aromatic carbocycles. The van der Waals surface area contributed by atoms with Crippen LogP contribution in [0.1, 0.15) is 23.1 Å². The Morgan fingerprint density at radius 1 is 1.06 bits per heavy atom. The van der Waals surface area contributed by atoms with Crippen molar-refractivity contribution in [2.75, 3.05) is 38.0 Å². The molecule has 0 bridgehead atoms. The highest BCUT2D eigenvalue weighted by Gasteiger charge is 2.30. The van der Waals surface area contributed by atoms with Gasteiger partial charge in [0, 0.05) is 44.0 Å². The van der Waals surface area contributed by atoms with Gasteiger partial charge in [-0.15, -0.1) is 0 Å². The molecule has 1 saturated heterocycles. The number of piperazine rings is 1. The van der Waals surface area contributed by atoms with Crippen molar-refractivity contribution in [3.8, 4) is 0 Å². The topological polar surface area (TPSA) is 113 Å². The van der Waals surface area contributed by atoms with Crippen LogP contribution in [0.5, 0.6) is 0 Å². The van der Waals surface area contributed by atoms with Gasteiger partial charge in [0.1, 0.15) is 0 Å². The molecule has 32 heavy (non-hydrogen) atoms. The molecule has 0 unspecified atom stereocenters. The zero-order valence-corrected chi connectivity index (χ0v) is 18.7. The standard InChI is InChI=1S/C22H26N4O5S/c1-16-13-19(26(28)29)6-8-21(16)23-22(27)15-24-9-11-25(12-10-24)32(30,31)20-7-5-17-3-2-4-18(17)14-20/h5-8,13-14H,2-4,9-12,15H2,1H3,(H,23,27). The van der Waals surface area contributed by atoms with E-state index in [4.69, 9.17) is 0 Å². The molecule has 2 aliphatic rings. The van der Waals surface area contributed by atoms with Crippen LogP contribution in [0.15, 0.2) is 41.3 Å². The van der Waals surface area contributed by atoms with Crippen LogP contribution in [0.3, 0.4) is 0 Å². The first-order valence-electron chi connectivity index (χ1n) is 10.6. The predicted molar refractivity (Wildman–Crippen MR) is 120 cm³/mol. The van der Waals surface area contributed by atoms with Crippen molar-refractivity contribution in [2.45, 2.75) is 31.1 Å². The lowest BCUT2D eigenvalue weighted by molar-refractivity contribution is -0.384. The smallest absolute Gasteiger partial charge is 0.269 e. The quantitative estimate of drug-likeness (QED) is 0.525. The van der Waals surface area contributed by atoms with Crippen molar-refractivity contribution >= 4 is 27.3 Å². The Labute approximate surface area is 187 Å². The average Bonchev–Trinajstić information content (AvgIpc) is 3.23. The number of sulfonamides is 1. The van der Waals surface area contributed by atoms with E-state index >= 15 is 0 Å². The lowest BCUT2D eigenvalue weighted by atomic mass is 10.1. The van der Waals surface area contributed by atoms with Crippen LogP contribution in [-0.2, 0) is 27.7 Å². The van der Waals surface area contributed by atoms with Crippen LogP contribution >= 0.6 is 0 Å². The van der Waals surface area contributed by atoms with Gasteiger partial charge in [-0.25, -0.2) is 8.42 Å². The fourth-order valence-corrected chi connectivity index (χ4v) is 5.75. The summed E-state index contributed by atoms with van der Waals surface area (Å²) in [5.74, 6) is -0.239. The second kappa shape index (κ2) is 8.97. The number of nitro benzene ring substituents is 1. The summed E-state index contributed by atoms with van der Waals surface area (Å²) in [5.41, 5.74) is 3.48. The van der Waals surface area contributed by atoms with Crippen molar-refractivity contribution in [2.24, 2.45) is 0 Å². The van der Waals surface area contributed by atoms with Crippen LogP contribution in [0.2, 0.25) is 0 Å². The summed E-state index contributed by atoms with van der Waals surface area (Å²) in [5, 5.41) is 13.6. The number of amides is 1. The maximum absolute atomic E-state index is 13.1. The zero-order valence-electron chi connectivity index (χ0n) is 17.9. The first kappa shape index (κ1) is 22.4. The maximum atomic E-state index is 13.1. The molecule has 2 aromatic rings. The van der Waals surface area contributed by atoms with Gasteiger partial charge in [-0.2, -0.15) is 4.31 Å². The summed E-state index contributed by atoms with van der Waals surface area (Å²) in [6.07, 6.45) is 3.00. The fraction of sp³-hybridized carbons (Fsp3) is 0.409. The van der Waals surface area contributed by atoms with Crippen molar-refractivity contribution in [3.05, 3.63) is 63.2 Å².